The number of halogens is 1. The van der Waals surface area contributed by atoms with Crippen LogP contribution in [0.5, 0.6) is 0 Å². The Morgan fingerprint density at radius 1 is 1.10 bits per heavy atom. The van der Waals surface area contributed by atoms with Crippen molar-refractivity contribution >= 4 is 23.5 Å². The van der Waals surface area contributed by atoms with E-state index in [-0.39, 0.29) is 12.5 Å². The van der Waals surface area contributed by atoms with Crippen molar-refractivity contribution in [2.45, 2.75) is 26.8 Å². The summed E-state index contributed by atoms with van der Waals surface area (Å²) in [6.07, 6.45) is 0. The zero-order valence-electron chi connectivity index (χ0n) is 17.1. The Hall–Kier alpha value is -3.29. The lowest BCUT2D eigenvalue weighted by molar-refractivity contribution is -0.119. The van der Waals surface area contributed by atoms with Gasteiger partial charge in [-0.1, -0.05) is 19.9 Å². The van der Waals surface area contributed by atoms with Gasteiger partial charge in [0.25, 0.3) is 11.8 Å². The van der Waals surface area contributed by atoms with Gasteiger partial charge in [-0.25, -0.2) is 19.1 Å². The number of imide groups is 1. The number of fused-ring (bicyclic) bond motifs is 1. The van der Waals surface area contributed by atoms with Crippen molar-refractivity contribution in [1.82, 2.24) is 14.8 Å². The first-order valence-corrected chi connectivity index (χ1v) is 9.79. The quantitative estimate of drug-likeness (QED) is 0.714. The normalized spacial score (nSPS) is 20.9. The molecule has 2 aliphatic rings. The summed E-state index contributed by atoms with van der Waals surface area (Å²) in [6.45, 7) is 6.52. The van der Waals surface area contributed by atoms with Gasteiger partial charge < -0.3 is 9.80 Å². The van der Waals surface area contributed by atoms with Crippen molar-refractivity contribution in [2.24, 2.45) is 5.41 Å². The smallest absolute Gasteiger partial charge is 0.332 e. The monoisotopic (exact) mass is 410 g/mol. The molecule has 0 spiro atoms. The molecule has 2 fully saturated rings. The number of urea groups is 1. The third kappa shape index (κ3) is 3.53. The predicted molar refractivity (Wildman–Crippen MR) is 108 cm³/mol. The highest BCUT2D eigenvalue weighted by atomic mass is 19.1. The lowest BCUT2D eigenvalue weighted by atomic mass is 9.92. The number of carbonyl (C=O) groups is 3. The molecule has 0 radical (unpaired) electrons. The number of aromatic nitrogens is 1. The molecule has 4 amide bonds. The van der Waals surface area contributed by atoms with Crippen molar-refractivity contribution in [1.29, 1.82) is 0 Å². The number of benzene rings is 1. The van der Waals surface area contributed by atoms with Crippen molar-refractivity contribution in [3.05, 3.63) is 59.7 Å². The fourth-order valence-corrected chi connectivity index (χ4v) is 4.10. The molecule has 1 aromatic heterocycles. The third-order valence-corrected chi connectivity index (χ3v) is 5.41. The zero-order valence-corrected chi connectivity index (χ0v) is 17.1. The van der Waals surface area contributed by atoms with E-state index in [2.05, 4.69) is 4.98 Å². The van der Waals surface area contributed by atoms with Crippen LogP contribution in [0, 0.1) is 18.2 Å². The minimum absolute atomic E-state index is 0.0835. The van der Waals surface area contributed by atoms with Gasteiger partial charge >= 0.3 is 6.03 Å². The molecule has 4 rings (SSSR count). The van der Waals surface area contributed by atoms with Gasteiger partial charge in [0.05, 0.1) is 12.2 Å². The maximum Gasteiger partial charge on any atom is 0.332 e. The molecule has 8 heteroatoms. The Labute approximate surface area is 174 Å². The van der Waals surface area contributed by atoms with Crippen LogP contribution in [-0.4, -0.2) is 58.3 Å². The molecule has 2 aliphatic heterocycles. The van der Waals surface area contributed by atoms with Gasteiger partial charge in [0.1, 0.15) is 17.6 Å². The van der Waals surface area contributed by atoms with Gasteiger partial charge in [0, 0.05) is 24.2 Å². The molecular weight excluding hydrogens is 387 g/mol. The molecule has 1 aromatic carbocycles. The summed E-state index contributed by atoms with van der Waals surface area (Å²) in [5.41, 5.74) is 0.927. The van der Waals surface area contributed by atoms with Crippen LogP contribution in [-0.2, 0) is 4.79 Å². The molecule has 0 N–H and O–H groups in total. The highest BCUT2D eigenvalue weighted by Crippen LogP contribution is 2.33. The van der Waals surface area contributed by atoms with Crippen LogP contribution >= 0.6 is 0 Å². The maximum atomic E-state index is 13.3. The summed E-state index contributed by atoms with van der Waals surface area (Å²) in [5.74, 6) is -1.13. The van der Waals surface area contributed by atoms with E-state index < -0.39 is 29.2 Å². The van der Waals surface area contributed by atoms with Gasteiger partial charge in [-0.05, 0) is 43.3 Å². The number of hydrogen-bond acceptors (Lipinski definition) is 4. The van der Waals surface area contributed by atoms with Gasteiger partial charge in [-0.2, -0.15) is 0 Å². The van der Waals surface area contributed by atoms with Crippen LogP contribution in [0.25, 0.3) is 0 Å². The first-order valence-electron chi connectivity index (χ1n) is 9.79. The number of aryl methyl sites for hydroxylation is 1. The van der Waals surface area contributed by atoms with Crippen LogP contribution in [0.4, 0.5) is 14.9 Å². The third-order valence-electron chi connectivity index (χ3n) is 5.41. The molecular formula is C22H23FN4O3. The molecule has 1 atom stereocenters. The summed E-state index contributed by atoms with van der Waals surface area (Å²) in [5, 5.41) is 0. The van der Waals surface area contributed by atoms with Gasteiger partial charge in [0.2, 0.25) is 0 Å². The molecule has 2 aromatic rings. The van der Waals surface area contributed by atoms with Gasteiger partial charge in [0.15, 0.2) is 0 Å². The average molecular weight is 410 g/mol. The van der Waals surface area contributed by atoms with Crippen LogP contribution in [0.2, 0.25) is 0 Å². The van der Waals surface area contributed by atoms with E-state index in [1.165, 1.54) is 29.2 Å². The van der Waals surface area contributed by atoms with Crippen molar-refractivity contribution in [3.8, 4) is 0 Å². The van der Waals surface area contributed by atoms with E-state index >= 15 is 0 Å². The number of nitrogens with zero attached hydrogens (tertiary/aromatic N) is 4. The minimum atomic E-state index is -0.793. The highest BCUT2D eigenvalue weighted by Gasteiger charge is 2.50. The highest BCUT2D eigenvalue weighted by molar-refractivity contribution is 6.21. The van der Waals surface area contributed by atoms with E-state index in [4.69, 9.17) is 0 Å². The topological polar surface area (TPSA) is 73.8 Å². The molecule has 0 saturated carbocycles. The standard InChI is InChI=1S/C22H23FN4O3/c1-14-5-4-6-17(24-14)19(28)25-11-18-20(29)27(16-9-7-15(23)8-10-16)21(30)26(18)13-22(2,3)12-25/h4-10,18H,11-13H2,1-3H3. The second-order valence-corrected chi connectivity index (χ2v) is 8.59. The first kappa shape index (κ1) is 20.0. The Bertz CT molecular complexity index is 1020. The fraction of sp³-hybridized carbons (Fsp3) is 0.364. The molecule has 30 heavy (non-hydrogen) atoms. The minimum Gasteiger partial charge on any atom is -0.334 e. The number of carbonyl (C=O) groups excluding carboxylic acids is 3. The van der Waals surface area contributed by atoms with Crippen LogP contribution in [0.3, 0.4) is 0 Å². The first-order chi connectivity index (χ1) is 14.2. The van der Waals surface area contributed by atoms with Gasteiger partial charge in [-0.15, -0.1) is 0 Å². The molecule has 0 bridgehead atoms. The number of rotatable bonds is 2. The Kier molecular flexibility index (Phi) is 4.80. The van der Waals surface area contributed by atoms with Crippen molar-refractivity contribution in [3.63, 3.8) is 0 Å². The zero-order chi connectivity index (χ0) is 21.6. The Balaban J connectivity index is 1.67. The second kappa shape index (κ2) is 7.19. The lowest BCUT2D eigenvalue weighted by Gasteiger charge is -2.30. The Morgan fingerprint density at radius 2 is 1.80 bits per heavy atom. The number of amides is 4. The molecule has 2 saturated heterocycles. The molecule has 3 heterocycles. The van der Waals surface area contributed by atoms with Crippen LogP contribution in [0.1, 0.15) is 30.0 Å². The molecule has 156 valence electrons. The summed E-state index contributed by atoms with van der Waals surface area (Å²) >= 11 is 0. The lowest BCUT2D eigenvalue weighted by Crippen LogP contribution is -2.44. The number of pyridine rings is 1. The van der Waals surface area contributed by atoms with E-state index in [1.807, 2.05) is 26.8 Å². The largest absolute Gasteiger partial charge is 0.334 e. The average Bonchev–Trinajstić information content (AvgIpc) is 2.83. The summed E-state index contributed by atoms with van der Waals surface area (Å²) < 4.78 is 13.3. The molecule has 7 nitrogen and oxygen atoms in total. The van der Waals surface area contributed by atoms with Gasteiger partial charge in [-0.3, -0.25) is 9.59 Å². The molecule has 1 unspecified atom stereocenters. The van der Waals surface area contributed by atoms with E-state index in [0.29, 0.717) is 24.5 Å². The summed E-state index contributed by atoms with van der Waals surface area (Å²) in [4.78, 5) is 47.9. The number of anilines is 1. The van der Waals surface area contributed by atoms with E-state index in [0.717, 1.165) is 10.6 Å². The van der Waals surface area contributed by atoms with Crippen LogP contribution in [0.15, 0.2) is 42.5 Å². The second-order valence-electron chi connectivity index (χ2n) is 8.59. The van der Waals surface area contributed by atoms with Crippen molar-refractivity contribution in [2.75, 3.05) is 24.5 Å². The number of hydrogen-bond donors (Lipinski definition) is 0. The van der Waals surface area contributed by atoms with Crippen LogP contribution < -0.4 is 4.90 Å². The maximum absolute atomic E-state index is 13.3. The molecule has 0 aliphatic carbocycles. The predicted octanol–water partition coefficient (Wildman–Crippen LogP) is 2.85. The fourth-order valence-electron chi connectivity index (χ4n) is 4.10. The van der Waals surface area contributed by atoms with E-state index in [1.54, 1.807) is 17.0 Å². The summed E-state index contributed by atoms with van der Waals surface area (Å²) in [6, 6.07) is 9.22. The van der Waals surface area contributed by atoms with Crippen molar-refractivity contribution < 1.29 is 18.8 Å². The SMILES string of the molecule is Cc1cccc(C(=O)N2CC3C(=O)N(c4ccc(F)cc4)C(=O)N3CC(C)(C)C2)n1. The summed E-state index contributed by atoms with van der Waals surface area (Å²) in [7, 11) is 0. The van der Waals surface area contributed by atoms with E-state index in [9.17, 15) is 18.8 Å². The Morgan fingerprint density at radius 3 is 2.47 bits per heavy atom.